The first-order valence-electron chi connectivity index (χ1n) is 9.53. The molecule has 0 aliphatic carbocycles. The summed E-state index contributed by atoms with van der Waals surface area (Å²) >= 11 is 5.63. The first kappa shape index (κ1) is 22.5. The number of benzene rings is 1. The van der Waals surface area contributed by atoms with Crippen LogP contribution in [-0.4, -0.2) is 24.4 Å². The van der Waals surface area contributed by atoms with Gasteiger partial charge in [0, 0.05) is 18.7 Å². The Labute approximate surface area is 162 Å². The summed E-state index contributed by atoms with van der Waals surface area (Å²) in [6.07, 6.45) is 7.44. The van der Waals surface area contributed by atoms with E-state index in [2.05, 4.69) is 0 Å². The van der Waals surface area contributed by atoms with Gasteiger partial charge in [0.1, 0.15) is 5.75 Å². The average Bonchev–Trinajstić information content (AvgIpc) is 2.61. The van der Waals surface area contributed by atoms with Gasteiger partial charge in [-0.1, -0.05) is 37.8 Å². The summed E-state index contributed by atoms with van der Waals surface area (Å²) < 4.78 is 10.6. The minimum absolute atomic E-state index is 0.211. The van der Waals surface area contributed by atoms with Crippen LogP contribution in [0.15, 0.2) is 18.2 Å². The van der Waals surface area contributed by atoms with Crippen molar-refractivity contribution in [1.82, 2.24) is 0 Å². The first-order valence-corrected chi connectivity index (χ1v) is 10.1. The summed E-state index contributed by atoms with van der Waals surface area (Å²) in [6, 6.07) is 5.62. The van der Waals surface area contributed by atoms with Gasteiger partial charge in [0.2, 0.25) is 0 Å². The summed E-state index contributed by atoms with van der Waals surface area (Å²) in [6.45, 7) is 4.36. The molecule has 0 spiro atoms. The molecule has 1 aromatic rings. The van der Waals surface area contributed by atoms with Crippen molar-refractivity contribution in [3.05, 3.63) is 29.3 Å². The second kappa shape index (κ2) is 13.6. The van der Waals surface area contributed by atoms with E-state index in [1.807, 2.05) is 26.0 Å². The molecular weight excluding hydrogens is 352 g/mol. The maximum atomic E-state index is 11.9. The maximum Gasteiger partial charge on any atom is 0.311 e. The lowest BCUT2D eigenvalue weighted by Gasteiger charge is -2.09. The van der Waals surface area contributed by atoms with Gasteiger partial charge in [-0.3, -0.25) is 9.59 Å². The second-order valence-corrected chi connectivity index (χ2v) is 6.93. The van der Waals surface area contributed by atoms with E-state index in [1.54, 1.807) is 6.07 Å². The quantitative estimate of drug-likeness (QED) is 0.195. The van der Waals surface area contributed by atoms with E-state index in [9.17, 15) is 9.59 Å². The average molecular weight is 383 g/mol. The topological polar surface area (TPSA) is 52.6 Å². The molecule has 1 aromatic carbocycles. The smallest absolute Gasteiger partial charge is 0.311 e. The van der Waals surface area contributed by atoms with E-state index in [0.29, 0.717) is 18.8 Å². The minimum atomic E-state index is -0.316. The number of halogens is 1. The van der Waals surface area contributed by atoms with Crippen molar-refractivity contribution in [3.8, 4) is 5.75 Å². The van der Waals surface area contributed by atoms with Crippen LogP contribution in [0.2, 0.25) is 0 Å². The highest BCUT2D eigenvalue weighted by molar-refractivity contribution is 6.17. The number of alkyl halides is 1. The van der Waals surface area contributed by atoms with Gasteiger partial charge in [0.25, 0.3) is 0 Å². The van der Waals surface area contributed by atoms with Crippen LogP contribution in [0, 0.1) is 13.8 Å². The fraction of sp³-hybridized carbons (Fsp3) is 0.619. The Morgan fingerprint density at radius 2 is 1.54 bits per heavy atom. The van der Waals surface area contributed by atoms with Crippen LogP contribution in [0.4, 0.5) is 0 Å². The fourth-order valence-corrected chi connectivity index (χ4v) is 2.74. The molecule has 26 heavy (non-hydrogen) atoms. The van der Waals surface area contributed by atoms with E-state index in [4.69, 9.17) is 21.1 Å². The number of aryl methyl sites for hydroxylation is 1. The normalized spacial score (nSPS) is 10.6. The number of unbranched alkanes of at least 4 members (excludes halogenated alkanes) is 5. The van der Waals surface area contributed by atoms with Gasteiger partial charge in [0.05, 0.1) is 6.61 Å². The van der Waals surface area contributed by atoms with Crippen LogP contribution >= 0.6 is 11.6 Å². The highest BCUT2D eigenvalue weighted by Crippen LogP contribution is 2.21. The molecule has 0 N–H and O–H groups in total. The largest absolute Gasteiger partial charge is 0.466 e. The number of hydrogen-bond acceptors (Lipinski definition) is 4. The molecule has 0 amide bonds. The summed E-state index contributed by atoms with van der Waals surface area (Å²) in [5.41, 5.74) is 2.04. The molecule has 5 heteroatoms. The van der Waals surface area contributed by atoms with Crippen molar-refractivity contribution in [2.24, 2.45) is 0 Å². The summed E-state index contributed by atoms with van der Waals surface area (Å²) in [5, 5.41) is 0. The van der Waals surface area contributed by atoms with Gasteiger partial charge >= 0.3 is 11.9 Å². The maximum absolute atomic E-state index is 11.9. The van der Waals surface area contributed by atoms with Crippen LogP contribution in [0.5, 0.6) is 5.75 Å². The fourth-order valence-electron chi connectivity index (χ4n) is 2.55. The number of carbonyl (C=O) groups excluding carboxylic acids is 2. The van der Waals surface area contributed by atoms with E-state index in [1.165, 1.54) is 12.8 Å². The highest BCUT2D eigenvalue weighted by Gasteiger charge is 2.10. The monoisotopic (exact) mass is 382 g/mol. The van der Waals surface area contributed by atoms with Crippen molar-refractivity contribution in [1.29, 1.82) is 0 Å². The first-order chi connectivity index (χ1) is 12.5. The summed E-state index contributed by atoms with van der Waals surface area (Å²) in [7, 11) is 0. The molecule has 0 atom stereocenters. The number of hydrogen-bond donors (Lipinski definition) is 0. The number of rotatable bonds is 13. The molecule has 0 aliphatic heterocycles. The Morgan fingerprint density at radius 3 is 2.27 bits per heavy atom. The number of esters is 2. The van der Waals surface area contributed by atoms with Crippen LogP contribution in [0.3, 0.4) is 0 Å². The summed E-state index contributed by atoms with van der Waals surface area (Å²) in [5.74, 6) is 0.759. The van der Waals surface area contributed by atoms with Gasteiger partial charge in [-0.25, -0.2) is 0 Å². The van der Waals surface area contributed by atoms with Crippen molar-refractivity contribution >= 4 is 23.5 Å². The second-order valence-electron chi connectivity index (χ2n) is 6.56. The Morgan fingerprint density at radius 1 is 0.885 bits per heavy atom. The third-order valence-electron chi connectivity index (χ3n) is 4.33. The van der Waals surface area contributed by atoms with E-state index < -0.39 is 0 Å². The number of ether oxygens (including phenoxy) is 2. The lowest BCUT2D eigenvalue weighted by Crippen LogP contribution is -2.11. The van der Waals surface area contributed by atoms with Crippen molar-refractivity contribution in [2.75, 3.05) is 12.5 Å². The van der Waals surface area contributed by atoms with E-state index in [-0.39, 0.29) is 24.8 Å². The lowest BCUT2D eigenvalue weighted by atomic mass is 10.1. The molecule has 0 aliphatic rings. The molecule has 1 rings (SSSR count). The third-order valence-corrected chi connectivity index (χ3v) is 4.60. The summed E-state index contributed by atoms with van der Waals surface area (Å²) in [4.78, 5) is 23.5. The lowest BCUT2D eigenvalue weighted by molar-refractivity contribution is -0.144. The van der Waals surface area contributed by atoms with Gasteiger partial charge in [-0.15, -0.1) is 11.6 Å². The van der Waals surface area contributed by atoms with Crippen LogP contribution in [0.1, 0.15) is 68.9 Å². The zero-order valence-electron chi connectivity index (χ0n) is 16.0. The van der Waals surface area contributed by atoms with Crippen LogP contribution in [-0.2, 0) is 14.3 Å². The molecule has 0 fully saturated rings. The Hall–Kier alpha value is -1.55. The minimum Gasteiger partial charge on any atom is -0.466 e. The Kier molecular flexibility index (Phi) is 11.8. The van der Waals surface area contributed by atoms with Gasteiger partial charge < -0.3 is 9.47 Å². The van der Waals surface area contributed by atoms with Crippen molar-refractivity contribution in [3.63, 3.8) is 0 Å². The number of carbonyl (C=O) groups is 2. The van der Waals surface area contributed by atoms with E-state index in [0.717, 1.165) is 42.7 Å². The zero-order chi connectivity index (χ0) is 19.2. The standard InChI is InChI=1S/C21H31ClO4/c1-17-11-9-12-19(18(17)2)26-21(24)14-10-13-20(23)25-16-8-6-4-3-5-7-15-22/h9,11-12H,3-8,10,13-16H2,1-2H3. The molecule has 4 nitrogen and oxygen atoms in total. The van der Waals surface area contributed by atoms with Gasteiger partial charge in [-0.2, -0.15) is 0 Å². The molecule has 0 heterocycles. The van der Waals surface area contributed by atoms with Gasteiger partial charge in [-0.05, 0) is 50.3 Å². The molecule has 146 valence electrons. The molecular formula is C21H31ClO4. The SMILES string of the molecule is Cc1cccc(OC(=O)CCCC(=O)OCCCCCCCCCl)c1C. The Balaban J connectivity index is 2.07. The molecule has 0 saturated heterocycles. The molecule has 0 aromatic heterocycles. The predicted molar refractivity (Wildman–Crippen MR) is 105 cm³/mol. The third kappa shape index (κ3) is 9.81. The molecule has 0 radical (unpaired) electrons. The van der Waals surface area contributed by atoms with E-state index >= 15 is 0 Å². The van der Waals surface area contributed by atoms with Crippen molar-refractivity contribution in [2.45, 2.75) is 71.6 Å². The van der Waals surface area contributed by atoms with Crippen LogP contribution in [0.25, 0.3) is 0 Å². The highest BCUT2D eigenvalue weighted by atomic mass is 35.5. The predicted octanol–water partition coefficient (Wildman–Crippen LogP) is 5.50. The molecule has 0 saturated carbocycles. The Bertz CT molecular complexity index is 557. The molecule has 0 bridgehead atoms. The van der Waals surface area contributed by atoms with Crippen molar-refractivity contribution < 1.29 is 19.1 Å². The van der Waals surface area contributed by atoms with Gasteiger partial charge in [0.15, 0.2) is 0 Å². The van der Waals surface area contributed by atoms with Crippen LogP contribution < -0.4 is 4.74 Å². The zero-order valence-corrected chi connectivity index (χ0v) is 16.8. The molecule has 0 unspecified atom stereocenters.